The Hall–Kier alpha value is -2.77. The van der Waals surface area contributed by atoms with Crippen molar-refractivity contribution in [1.29, 1.82) is 0 Å². The molecule has 1 aliphatic carbocycles. The molecule has 162 valence electrons. The average Bonchev–Trinajstić information content (AvgIpc) is 2.77. The van der Waals surface area contributed by atoms with E-state index in [-0.39, 0.29) is 23.7 Å². The summed E-state index contributed by atoms with van der Waals surface area (Å²) < 4.78 is 34.3. The van der Waals surface area contributed by atoms with Gasteiger partial charge in [0.15, 0.2) is 0 Å². The molecule has 1 fully saturated rings. The van der Waals surface area contributed by atoms with Gasteiger partial charge in [-0.3, -0.25) is 4.79 Å². The summed E-state index contributed by atoms with van der Waals surface area (Å²) in [5.41, 5.74) is 1.29. The molecule has 0 saturated heterocycles. The zero-order valence-corrected chi connectivity index (χ0v) is 17.2. The van der Waals surface area contributed by atoms with E-state index in [1.807, 2.05) is 6.07 Å². The lowest BCUT2D eigenvalue weighted by molar-refractivity contribution is -0.0530. The van der Waals surface area contributed by atoms with Gasteiger partial charge in [0.2, 0.25) is 11.8 Å². The quantitative estimate of drug-likeness (QED) is 0.679. The highest BCUT2D eigenvalue weighted by atomic mass is 19.3. The van der Waals surface area contributed by atoms with E-state index in [0.717, 1.165) is 37.8 Å². The predicted octanol–water partition coefficient (Wildman–Crippen LogP) is 4.57. The molecule has 6 nitrogen and oxygen atoms in total. The molecule has 0 bridgehead atoms. The molecule has 1 amide bonds. The predicted molar refractivity (Wildman–Crippen MR) is 108 cm³/mol. The van der Waals surface area contributed by atoms with E-state index in [1.165, 1.54) is 19.4 Å². The number of halogens is 2. The van der Waals surface area contributed by atoms with Gasteiger partial charge in [0.05, 0.1) is 12.7 Å². The fourth-order valence-electron chi connectivity index (χ4n) is 4.07. The van der Waals surface area contributed by atoms with E-state index in [1.54, 1.807) is 18.2 Å². The zero-order valence-electron chi connectivity index (χ0n) is 17.2. The van der Waals surface area contributed by atoms with Crippen LogP contribution >= 0.6 is 0 Å². The van der Waals surface area contributed by atoms with Crippen LogP contribution in [-0.2, 0) is 0 Å². The molecule has 3 rings (SSSR count). The second-order valence-corrected chi connectivity index (χ2v) is 7.47. The standard InChI is InChI=1S/C22H27F2N3O3/c1-3-17(27-21(28)16-11-12-19(29-2)25-13-16)14-7-9-15(10-8-14)18-5-4-6-20(26-18)30-22(23)24/h4-6,11-15,17,22H,3,7-10H2,1-2H3,(H,27,28)/t14?,15?,17-/m0/s1. The van der Waals surface area contributed by atoms with Crippen LogP contribution in [0, 0.1) is 5.92 Å². The normalized spacial score (nSPS) is 19.9. The van der Waals surface area contributed by atoms with Crippen molar-refractivity contribution < 1.29 is 23.0 Å². The molecule has 0 aromatic carbocycles. The Kier molecular flexibility index (Phi) is 7.54. The van der Waals surface area contributed by atoms with Crippen LogP contribution in [0.15, 0.2) is 36.5 Å². The molecule has 1 saturated carbocycles. The van der Waals surface area contributed by atoms with E-state index in [9.17, 15) is 13.6 Å². The number of amides is 1. The van der Waals surface area contributed by atoms with Crippen LogP contribution in [0.5, 0.6) is 11.8 Å². The van der Waals surface area contributed by atoms with Crippen molar-refractivity contribution in [3.8, 4) is 11.8 Å². The summed E-state index contributed by atoms with van der Waals surface area (Å²) in [5.74, 6) is 0.853. The summed E-state index contributed by atoms with van der Waals surface area (Å²) in [6, 6.07) is 8.44. The Labute approximate surface area is 175 Å². The van der Waals surface area contributed by atoms with Gasteiger partial charge in [-0.05, 0) is 50.2 Å². The van der Waals surface area contributed by atoms with Gasteiger partial charge in [0, 0.05) is 36.0 Å². The number of alkyl halides is 2. The largest absolute Gasteiger partial charge is 0.481 e. The van der Waals surface area contributed by atoms with Crippen LogP contribution in [-0.4, -0.2) is 35.6 Å². The number of carbonyl (C=O) groups is 1. The number of rotatable bonds is 8. The SMILES string of the molecule is CC[C@H](NC(=O)c1ccc(OC)nc1)C1CCC(c2cccc(OC(F)F)n2)CC1. The number of nitrogens with zero attached hydrogens (tertiary/aromatic N) is 2. The molecule has 8 heteroatoms. The third-order valence-electron chi connectivity index (χ3n) is 5.68. The van der Waals surface area contributed by atoms with E-state index in [0.29, 0.717) is 17.4 Å². The van der Waals surface area contributed by atoms with Gasteiger partial charge in [0.1, 0.15) is 0 Å². The Morgan fingerprint density at radius 1 is 1.17 bits per heavy atom. The highest BCUT2D eigenvalue weighted by Crippen LogP contribution is 2.37. The van der Waals surface area contributed by atoms with Crippen molar-refractivity contribution in [3.63, 3.8) is 0 Å². The second kappa shape index (κ2) is 10.3. The molecule has 1 atom stereocenters. The molecular formula is C22H27F2N3O3. The van der Waals surface area contributed by atoms with Crippen molar-refractivity contribution in [1.82, 2.24) is 15.3 Å². The van der Waals surface area contributed by atoms with E-state index < -0.39 is 6.61 Å². The Morgan fingerprint density at radius 2 is 1.93 bits per heavy atom. The lowest BCUT2D eigenvalue weighted by Crippen LogP contribution is -2.41. The van der Waals surface area contributed by atoms with Crippen LogP contribution in [0.1, 0.15) is 61.0 Å². The first kappa shape index (κ1) is 21.9. The maximum absolute atomic E-state index is 12.6. The number of aromatic nitrogens is 2. The summed E-state index contributed by atoms with van der Waals surface area (Å²) in [7, 11) is 1.53. The van der Waals surface area contributed by atoms with Crippen molar-refractivity contribution >= 4 is 5.91 Å². The first-order valence-corrected chi connectivity index (χ1v) is 10.2. The lowest BCUT2D eigenvalue weighted by Gasteiger charge is -2.33. The molecule has 0 radical (unpaired) electrons. The maximum atomic E-state index is 12.6. The molecule has 2 aromatic rings. The minimum Gasteiger partial charge on any atom is -0.481 e. The van der Waals surface area contributed by atoms with Gasteiger partial charge < -0.3 is 14.8 Å². The monoisotopic (exact) mass is 419 g/mol. The molecule has 0 spiro atoms. The minimum atomic E-state index is -2.88. The molecular weight excluding hydrogens is 392 g/mol. The number of hydrogen-bond donors (Lipinski definition) is 1. The molecule has 0 unspecified atom stereocenters. The van der Waals surface area contributed by atoms with E-state index >= 15 is 0 Å². The summed E-state index contributed by atoms with van der Waals surface area (Å²) in [4.78, 5) is 20.9. The summed E-state index contributed by atoms with van der Waals surface area (Å²) in [6.07, 6.45) is 6.01. The fraction of sp³-hybridized carbons (Fsp3) is 0.500. The number of nitrogens with one attached hydrogen (secondary N) is 1. The van der Waals surface area contributed by atoms with Crippen LogP contribution in [0.3, 0.4) is 0 Å². The fourth-order valence-corrected chi connectivity index (χ4v) is 4.07. The van der Waals surface area contributed by atoms with Gasteiger partial charge in [-0.15, -0.1) is 0 Å². The van der Waals surface area contributed by atoms with Gasteiger partial charge in [0.25, 0.3) is 5.91 Å². The van der Waals surface area contributed by atoms with Crippen LogP contribution in [0.25, 0.3) is 0 Å². The first-order valence-electron chi connectivity index (χ1n) is 10.2. The Morgan fingerprint density at radius 3 is 2.53 bits per heavy atom. The highest BCUT2D eigenvalue weighted by Gasteiger charge is 2.29. The lowest BCUT2D eigenvalue weighted by atomic mass is 9.76. The minimum absolute atomic E-state index is 0.0450. The number of methoxy groups -OCH3 is 1. The van der Waals surface area contributed by atoms with Crippen molar-refractivity contribution in [3.05, 3.63) is 47.8 Å². The number of carbonyl (C=O) groups excluding carboxylic acids is 1. The van der Waals surface area contributed by atoms with Crippen molar-refractivity contribution in [2.75, 3.05) is 7.11 Å². The van der Waals surface area contributed by atoms with Crippen molar-refractivity contribution in [2.45, 2.75) is 57.6 Å². The Balaban J connectivity index is 1.56. The van der Waals surface area contributed by atoms with E-state index in [2.05, 4.69) is 26.9 Å². The third kappa shape index (κ3) is 5.64. The summed E-state index contributed by atoms with van der Waals surface area (Å²) in [5, 5.41) is 3.14. The molecule has 2 aromatic heterocycles. The average molecular weight is 419 g/mol. The maximum Gasteiger partial charge on any atom is 0.388 e. The van der Waals surface area contributed by atoms with E-state index in [4.69, 9.17) is 4.74 Å². The third-order valence-corrected chi connectivity index (χ3v) is 5.68. The van der Waals surface area contributed by atoms with Crippen LogP contribution in [0.2, 0.25) is 0 Å². The molecule has 1 aliphatic rings. The van der Waals surface area contributed by atoms with Gasteiger partial charge >= 0.3 is 6.61 Å². The van der Waals surface area contributed by atoms with Gasteiger partial charge in [-0.1, -0.05) is 13.0 Å². The molecule has 2 heterocycles. The van der Waals surface area contributed by atoms with Crippen molar-refractivity contribution in [2.24, 2.45) is 5.92 Å². The molecule has 1 N–H and O–H groups in total. The second-order valence-electron chi connectivity index (χ2n) is 7.47. The molecule has 0 aliphatic heterocycles. The van der Waals surface area contributed by atoms with Gasteiger partial charge in [-0.25, -0.2) is 9.97 Å². The number of pyridine rings is 2. The first-order chi connectivity index (χ1) is 14.5. The van der Waals surface area contributed by atoms with Gasteiger partial charge in [-0.2, -0.15) is 8.78 Å². The number of hydrogen-bond acceptors (Lipinski definition) is 5. The zero-order chi connectivity index (χ0) is 21.5. The smallest absolute Gasteiger partial charge is 0.388 e. The highest BCUT2D eigenvalue weighted by molar-refractivity contribution is 5.94. The van der Waals surface area contributed by atoms with Crippen LogP contribution < -0.4 is 14.8 Å². The summed E-state index contributed by atoms with van der Waals surface area (Å²) >= 11 is 0. The summed E-state index contributed by atoms with van der Waals surface area (Å²) in [6.45, 7) is -0.811. The number of ether oxygens (including phenoxy) is 2. The van der Waals surface area contributed by atoms with Crippen LogP contribution in [0.4, 0.5) is 8.78 Å². The molecule has 30 heavy (non-hydrogen) atoms. The topological polar surface area (TPSA) is 73.3 Å². The Bertz CT molecular complexity index is 825.